The highest BCUT2D eigenvalue weighted by Crippen LogP contribution is 2.32. The molecule has 1 amide bonds. The van der Waals surface area contributed by atoms with Gasteiger partial charge in [0, 0.05) is 16.6 Å². The van der Waals surface area contributed by atoms with Crippen molar-refractivity contribution in [2.45, 2.75) is 56.3 Å². The third-order valence-corrected chi connectivity index (χ3v) is 7.95. The zero-order chi connectivity index (χ0) is 23.0. The molecule has 0 spiro atoms. The molecule has 5 rings (SSSR count). The van der Waals surface area contributed by atoms with Crippen LogP contribution < -0.4 is 14.8 Å². The van der Waals surface area contributed by atoms with E-state index in [0.717, 1.165) is 36.9 Å². The maximum absolute atomic E-state index is 13.0. The highest BCUT2D eigenvalue weighted by Gasteiger charge is 2.34. The molecule has 1 aromatic carbocycles. The number of nitrogens with zero attached hydrogens (tertiary/aromatic N) is 3. The molecule has 33 heavy (non-hydrogen) atoms. The molecule has 2 N–H and O–H groups in total. The Hall–Kier alpha value is -2.85. The number of hydrogen-bond acceptors (Lipinski definition) is 7. The minimum Gasteiger partial charge on any atom is -0.473 e. The minimum atomic E-state index is -1.11. The van der Waals surface area contributed by atoms with Crippen molar-refractivity contribution in [3.8, 4) is 17.1 Å². The first kappa shape index (κ1) is 22.0. The molecule has 2 saturated carbocycles. The number of aromatic nitrogens is 3. The lowest BCUT2D eigenvalue weighted by atomic mass is 9.89. The molecule has 0 saturated heterocycles. The van der Waals surface area contributed by atoms with E-state index in [1.54, 1.807) is 12.4 Å². The van der Waals surface area contributed by atoms with Crippen molar-refractivity contribution >= 4 is 39.0 Å². The van der Waals surface area contributed by atoms with Crippen molar-refractivity contribution < 1.29 is 13.7 Å². The van der Waals surface area contributed by atoms with Crippen LogP contribution in [0.15, 0.2) is 42.0 Å². The summed E-state index contributed by atoms with van der Waals surface area (Å²) in [6.45, 7) is 3.66. The summed E-state index contributed by atoms with van der Waals surface area (Å²) in [7, 11) is -1.11. The number of carbonyl (C=O) groups is 1. The third kappa shape index (κ3) is 5.22. The Balaban J connectivity index is 1.23. The van der Waals surface area contributed by atoms with Crippen molar-refractivity contribution in [2.24, 2.45) is 0 Å². The van der Waals surface area contributed by atoms with Crippen LogP contribution >= 0.6 is 11.3 Å². The highest BCUT2D eigenvalue weighted by molar-refractivity contribution is 7.87. The maximum atomic E-state index is 13.0. The fourth-order valence-electron chi connectivity index (χ4n) is 3.09. The van der Waals surface area contributed by atoms with Gasteiger partial charge in [0.15, 0.2) is 5.13 Å². The van der Waals surface area contributed by atoms with Gasteiger partial charge < -0.3 is 10.1 Å². The quantitative estimate of drug-likeness (QED) is 0.470. The van der Waals surface area contributed by atoms with Crippen LogP contribution in [0.3, 0.4) is 0 Å². The molecule has 0 aliphatic heterocycles. The van der Waals surface area contributed by atoms with Gasteiger partial charge >= 0.3 is 0 Å². The summed E-state index contributed by atoms with van der Waals surface area (Å²) in [5.41, 5.74) is 2.08. The highest BCUT2D eigenvalue weighted by atomic mass is 32.2. The average Bonchev–Trinajstić information content (AvgIpc) is 3.74. The van der Waals surface area contributed by atoms with E-state index in [1.165, 1.54) is 11.3 Å². The Bertz CT molecular complexity index is 1190. The summed E-state index contributed by atoms with van der Waals surface area (Å²) in [6, 6.07) is 7.47. The number of hydrogen-bond donors (Lipinski definition) is 2. The molecule has 1 atom stereocenters. The molecule has 10 heteroatoms. The lowest BCUT2D eigenvalue weighted by Gasteiger charge is -2.21. The van der Waals surface area contributed by atoms with Gasteiger partial charge in [-0.2, -0.15) is 0 Å². The average molecular weight is 484 g/mol. The number of carbonyl (C=O) groups excluding carboxylic acids is 1. The number of ether oxygens (including phenoxy) is 1. The van der Waals surface area contributed by atoms with Crippen LogP contribution in [0.1, 0.15) is 45.2 Å². The topological polar surface area (TPSA) is 106 Å². The normalized spacial score (nSPS) is 16.8. The first-order chi connectivity index (χ1) is 15.9. The van der Waals surface area contributed by atoms with E-state index in [4.69, 9.17) is 4.74 Å². The molecule has 2 aromatic heterocycles. The second kappa shape index (κ2) is 8.83. The van der Waals surface area contributed by atoms with Gasteiger partial charge in [-0.1, -0.05) is 12.1 Å². The first-order valence-corrected chi connectivity index (χ1v) is 13.0. The van der Waals surface area contributed by atoms with E-state index >= 15 is 0 Å². The van der Waals surface area contributed by atoms with Gasteiger partial charge in [-0.05, 0) is 51.7 Å². The van der Waals surface area contributed by atoms with Crippen LogP contribution in [0, 0.1) is 0 Å². The summed E-state index contributed by atoms with van der Waals surface area (Å²) in [6.07, 6.45) is 7.68. The Morgan fingerprint density at radius 1 is 1.12 bits per heavy atom. The molecule has 0 bridgehead atoms. The molecule has 8 nitrogen and oxygen atoms in total. The van der Waals surface area contributed by atoms with Crippen molar-refractivity contribution in [1.29, 1.82) is 0 Å². The first-order valence-electron chi connectivity index (χ1n) is 10.9. The molecular weight excluding hydrogens is 458 g/mol. The number of anilines is 2. The lowest BCUT2D eigenvalue weighted by molar-refractivity contribution is -0.120. The SMILES string of the molecule is CC(C)(C(=O)Nc1ccc(-c2cncc(OC3CC3)n2)cc1)c1csc(NS(=O)C2CC2)n1. The summed E-state index contributed by atoms with van der Waals surface area (Å²) in [4.78, 5) is 26.3. The van der Waals surface area contributed by atoms with Gasteiger partial charge in [0.25, 0.3) is 0 Å². The van der Waals surface area contributed by atoms with Gasteiger partial charge in [-0.25, -0.2) is 14.2 Å². The van der Waals surface area contributed by atoms with Gasteiger partial charge in [0.2, 0.25) is 11.8 Å². The molecule has 0 radical (unpaired) electrons. The third-order valence-electron chi connectivity index (χ3n) is 5.59. The van der Waals surface area contributed by atoms with Crippen LogP contribution in [0.5, 0.6) is 5.88 Å². The number of nitrogens with one attached hydrogen (secondary N) is 2. The molecule has 2 aliphatic rings. The number of benzene rings is 1. The molecule has 2 fully saturated rings. The molecular formula is C23H25N5O3S2. The van der Waals surface area contributed by atoms with Gasteiger partial charge in [0.05, 0.1) is 34.4 Å². The van der Waals surface area contributed by atoms with Crippen molar-refractivity contribution in [3.05, 3.63) is 47.7 Å². The second-order valence-corrected chi connectivity index (χ2v) is 11.2. The largest absolute Gasteiger partial charge is 0.473 e. The fraction of sp³-hybridized carbons (Fsp3) is 0.391. The van der Waals surface area contributed by atoms with E-state index < -0.39 is 16.4 Å². The van der Waals surface area contributed by atoms with Crippen molar-refractivity contribution in [3.63, 3.8) is 0 Å². The monoisotopic (exact) mass is 483 g/mol. The predicted octanol–water partition coefficient (Wildman–Crippen LogP) is 4.30. The van der Waals surface area contributed by atoms with E-state index in [2.05, 4.69) is 25.0 Å². The summed E-state index contributed by atoms with van der Waals surface area (Å²) in [5, 5.41) is 5.60. The zero-order valence-electron chi connectivity index (χ0n) is 18.4. The van der Waals surface area contributed by atoms with Crippen LogP contribution in [0.4, 0.5) is 10.8 Å². The van der Waals surface area contributed by atoms with Gasteiger partial charge in [0.1, 0.15) is 17.1 Å². The Labute approximate surface area is 198 Å². The maximum Gasteiger partial charge on any atom is 0.236 e. The smallest absolute Gasteiger partial charge is 0.236 e. The summed E-state index contributed by atoms with van der Waals surface area (Å²) < 4.78 is 20.8. The second-order valence-electron chi connectivity index (χ2n) is 8.85. The minimum absolute atomic E-state index is 0.171. The Kier molecular flexibility index (Phi) is 5.88. The number of rotatable bonds is 9. The van der Waals surface area contributed by atoms with Gasteiger partial charge in [-0.3, -0.25) is 14.5 Å². The fourth-order valence-corrected chi connectivity index (χ4v) is 5.20. The van der Waals surface area contributed by atoms with Crippen LogP contribution in [0.25, 0.3) is 11.3 Å². The van der Waals surface area contributed by atoms with E-state index in [0.29, 0.717) is 22.4 Å². The number of amides is 1. The Morgan fingerprint density at radius 3 is 2.58 bits per heavy atom. The summed E-state index contributed by atoms with van der Waals surface area (Å²) >= 11 is 1.36. The zero-order valence-corrected chi connectivity index (χ0v) is 20.0. The van der Waals surface area contributed by atoms with E-state index in [9.17, 15) is 9.00 Å². The predicted molar refractivity (Wildman–Crippen MR) is 130 cm³/mol. The molecule has 1 unspecified atom stereocenters. The van der Waals surface area contributed by atoms with Crippen molar-refractivity contribution in [1.82, 2.24) is 15.0 Å². The Morgan fingerprint density at radius 2 is 1.88 bits per heavy atom. The number of thiazole rings is 1. The molecule has 2 aliphatic carbocycles. The van der Waals surface area contributed by atoms with Crippen LogP contribution in [-0.2, 0) is 21.2 Å². The van der Waals surface area contributed by atoms with E-state index in [1.807, 2.05) is 43.5 Å². The van der Waals surface area contributed by atoms with Gasteiger partial charge in [-0.15, -0.1) is 11.3 Å². The van der Waals surface area contributed by atoms with Crippen LogP contribution in [0.2, 0.25) is 0 Å². The summed E-state index contributed by atoms with van der Waals surface area (Å²) in [5.74, 6) is 0.363. The standard InChI is InChI=1S/C23H25N5O3S2/c1-23(2,19-13-32-22(27-19)28-33(30)17-9-10-17)21(29)25-15-5-3-14(4-6-15)18-11-24-12-20(26-18)31-16-7-8-16/h3-6,11-13,16-17H,7-10H2,1-2H3,(H,25,29)(H,27,28). The molecule has 172 valence electrons. The van der Waals surface area contributed by atoms with Crippen LogP contribution in [-0.4, -0.2) is 36.4 Å². The molecule has 3 aromatic rings. The molecule has 2 heterocycles. The lowest BCUT2D eigenvalue weighted by Crippen LogP contribution is -2.35. The van der Waals surface area contributed by atoms with E-state index in [-0.39, 0.29) is 17.3 Å². The van der Waals surface area contributed by atoms with Crippen molar-refractivity contribution in [2.75, 3.05) is 10.0 Å².